The van der Waals surface area contributed by atoms with Gasteiger partial charge in [0.1, 0.15) is 10.8 Å². The Balaban J connectivity index is 2.55. The first-order valence-electron chi connectivity index (χ1n) is 6.66. The number of thioether (sulfide) groups is 1. The van der Waals surface area contributed by atoms with Crippen molar-refractivity contribution in [2.24, 2.45) is 5.16 Å². The lowest BCUT2D eigenvalue weighted by atomic mass is 10.3. The van der Waals surface area contributed by atoms with E-state index >= 15 is 0 Å². The molecule has 1 aromatic carbocycles. The normalized spacial score (nSPS) is 10.8. The first-order valence-corrected chi connectivity index (χ1v) is 8.61. The molecule has 0 radical (unpaired) electrons. The summed E-state index contributed by atoms with van der Waals surface area (Å²) in [6.45, 7) is 1.68. The second kappa shape index (κ2) is 9.74. The topological polar surface area (TPSA) is 115 Å². The largest absolute Gasteiger partial charge is 0.447 e. The van der Waals surface area contributed by atoms with Crippen LogP contribution in [0.1, 0.15) is 6.92 Å². The molecule has 0 saturated carbocycles. The molecule has 136 valence electrons. The lowest BCUT2D eigenvalue weighted by Crippen LogP contribution is -2.30. The van der Waals surface area contributed by atoms with E-state index in [9.17, 15) is 19.7 Å². The molecule has 0 bridgehead atoms. The van der Waals surface area contributed by atoms with Crippen LogP contribution >= 0.6 is 23.9 Å². The van der Waals surface area contributed by atoms with Crippen molar-refractivity contribution >= 4 is 46.8 Å². The van der Waals surface area contributed by atoms with Crippen LogP contribution in [0.3, 0.4) is 0 Å². The first-order chi connectivity index (χ1) is 11.7. The predicted molar refractivity (Wildman–Crippen MR) is 95.3 cm³/mol. The SMILES string of the molecule is CS/C(C)=N\OC(=O)N(C)SN(C)C(=O)Oc1ccc([N+](=O)[O-])cc1. The molecule has 1 rings (SSSR count). The van der Waals surface area contributed by atoms with Crippen LogP contribution < -0.4 is 4.74 Å². The maximum Gasteiger partial charge on any atom is 0.447 e. The highest BCUT2D eigenvalue weighted by Crippen LogP contribution is 2.20. The van der Waals surface area contributed by atoms with Crippen molar-refractivity contribution in [1.29, 1.82) is 0 Å². The molecule has 0 heterocycles. The van der Waals surface area contributed by atoms with E-state index in [1.807, 2.05) is 0 Å². The minimum atomic E-state index is -0.776. The van der Waals surface area contributed by atoms with E-state index in [4.69, 9.17) is 4.74 Å². The van der Waals surface area contributed by atoms with Crippen LogP contribution in [-0.2, 0) is 4.84 Å². The second-order valence-electron chi connectivity index (χ2n) is 4.37. The molecule has 0 fully saturated rings. The van der Waals surface area contributed by atoms with Crippen LogP contribution in [0.25, 0.3) is 0 Å². The Morgan fingerprint density at radius 1 is 1.16 bits per heavy atom. The minimum absolute atomic E-state index is 0.119. The van der Waals surface area contributed by atoms with Gasteiger partial charge >= 0.3 is 12.2 Å². The fourth-order valence-corrected chi connectivity index (χ4v) is 1.93. The molecule has 0 unspecified atom stereocenters. The number of hydrogen-bond acceptors (Lipinski definition) is 9. The van der Waals surface area contributed by atoms with Crippen molar-refractivity contribution in [2.45, 2.75) is 6.92 Å². The maximum atomic E-state index is 11.9. The van der Waals surface area contributed by atoms with Gasteiger partial charge in [0.25, 0.3) is 5.69 Å². The summed E-state index contributed by atoms with van der Waals surface area (Å²) < 4.78 is 7.14. The van der Waals surface area contributed by atoms with E-state index in [1.165, 1.54) is 50.1 Å². The molecule has 2 amide bonds. The first kappa shape index (κ1) is 20.6. The molecular formula is C13H16N4O6S2. The Labute approximate surface area is 152 Å². The molecule has 0 aliphatic carbocycles. The van der Waals surface area contributed by atoms with Gasteiger partial charge in [-0.15, -0.1) is 11.8 Å². The summed E-state index contributed by atoms with van der Waals surface area (Å²) in [6.07, 6.45) is 0.239. The molecule has 1 aromatic rings. The van der Waals surface area contributed by atoms with E-state index in [0.717, 1.165) is 20.7 Å². The molecule has 0 N–H and O–H groups in total. The monoisotopic (exact) mass is 388 g/mol. The summed E-state index contributed by atoms with van der Waals surface area (Å²) in [4.78, 5) is 38.3. The Kier molecular flexibility index (Phi) is 8.01. The fraction of sp³-hybridized carbons (Fsp3) is 0.308. The minimum Gasteiger partial charge on any atom is -0.410 e. The van der Waals surface area contributed by atoms with Crippen molar-refractivity contribution in [3.8, 4) is 5.75 Å². The summed E-state index contributed by atoms with van der Waals surface area (Å²) in [5, 5.41) is 14.7. The van der Waals surface area contributed by atoms with E-state index in [0.29, 0.717) is 5.04 Å². The smallest absolute Gasteiger partial charge is 0.410 e. The van der Waals surface area contributed by atoms with Gasteiger partial charge in [0.15, 0.2) is 0 Å². The predicted octanol–water partition coefficient (Wildman–Crippen LogP) is 3.35. The maximum absolute atomic E-state index is 11.9. The van der Waals surface area contributed by atoms with Crippen molar-refractivity contribution in [1.82, 2.24) is 8.61 Å². The van der Waals surface area contributed by atoms with E-state index in [2.05, 4.69) is 9.99 Å². The third-order valence-corrected chi connectivity index (χ3v) is 4.01. The summed E-state index contributed by atoms with van der Waals surface area (Å²) in [5.41, 5.74) is -0.119. The van der Waals surface area contributed by atoms with Gasteiger partial charge in [-0.05, 0) is 25.3 Å². The highest BCUT2D eigenvalue weighted by Gasteiger charge is 2.20. The number of non-ortho nitro benzene ring substituents is 1. The van der Waals surface area contributed by atoms with Crippen molar-refractivity contribution < 1.29 is 24.1 Å². The van der Waals surface area contributed by atoms with Crippen molar-refractivity contribution in [3.63, 3.8) is 0 Å². The Morgan fingerprint density at radius 3 is 2.24 bits per heavy atom. The second-order valence-corrected chi connectivity index (χ2v) is 6.63. The number of carbonyl (C=O) groups is 2. The molecule has 0 aliphatic rings. The summed E-state index contributed by atoms with van der Waals surface area (Å²) in [5.74, 6) is 0.133. The molecular weight excluding hydrogens is 372 g/mol. The highest BCUT2D eigenvalue weighted by atomic mass is 32.2. The number of nitrogens with zero attached hydrogens (tertiary/aromatic N) is 4. The zero-order valence-corrected chi connectivity index (χ0v) is 15.5. The average Bonchev–Trinajstić information content (AvgIpc) is 2.59. The highest BCUT2D eigenvalue weighted by molar-refractivity contribution is 8.13. The fourth-order valence-electron chi connectivity index (χ4n) is 1.25. The summed E-state index contributed by atoms with van der Waals surface area (Å²) in [7, 11) is 2.78. The van der Waals surface area contributed by atoms with E-state index < -0.39 is 17.1 Å². The number of ether oxygens (including phenoxy) is 1. The number of amides is 2. The number of hydrogen-bond donors (Lipinski definition) is 0. The van der Waals surface area contributed by atoms with Gasteiger partial charge < -0.3 is 4.74 Å². The average molecular weight is 388 g/mol. The number of benzene rings is 1. The van der Waals surface area contributed by atoms with Crippen LogP contribution in [0.15, 0.2) is 29.4 Å². The van der Waals surface area contributed by atoms with Crippen LogP contribution in [0.5, 0.6) is 5.75 Å². The third-order valence-electron chi connectivity index (χ3n) is 2.56. The summed E-state index contributed by atoms with van der Waals surface area (Å²) >= 11 is 2.06. The van der Waals surface area contributed by atoms with E-state index in [-0.39, 0.29) is 11.4 Å². The van der Waals surface area contributed by atoms with Gasteiger partial charge in [0.2, 0.25) is 0 Å². The number of carbonyl (C=O) groups excluding carboxylic acids is 2. The molecule has 0 aliphatic heterocycles. The summed E-state index contributed by atoms with van der Waals surface area (Å²) in [6, 6.07) is 5.02. The third kappa shape index (κ3) is 6.89. The van der Waals surface area contributed by atoms with Gasteiger partial charge in [0, 0.05) is 26.2 Å². The Morgan fingerprint density at radius 2 is 1.72 bits per heavy atom. The van der Waals surface area contributed by atoms with Gasteiger partial charge in [-0.1, -0.05) is 5.16 Å². The quantitative estimate of drug-likeness (QED) is 0.188. The molecule has 25 heavy (non-hydrogen) atoms. The van der Waals surface area contributed by atoms with Crippen LogP contribution in [0, 0.1) is 10.1 Å². The Bertz CT molecular complexity index is 667. The number of oxime groups is 1. The van der Waals surface area contributed by atoms with Crippen LogP contribution in [-0.4, -0.2) is 51.1 Å². The standard InChI is InChI=1S/C13H16N4O6S2/c1-9(24-4)14-23-13(19)16(3)25-15(2)12(18)22-11-7-5-10(6-8-11)17(20)21/h5-8H,1-4H3/b14-9-. The van der Waals surface area contributed by atoms with Crippen LogP contribution in [0.4, 0.5) is 15.3 Å². The molecule has 0 aromatic heterocycles. The lowest BCUT2D eigenvalue weighted by Gasteiger charge is -2.20. The Hall–Kier alpha value is -2.47. The molecule has 12 heteroatoms. The van der Waals surface area contributed by atoms with Gasteiger partial charge in [-0.2, -0.15) is 0 Å². The van der Waals surface area contributed by atoms with E-state index in [1.54, 1.807) is 13.2 Å². The lowest BCUT2D eigenvalue weighted by molar-refractivity contribution is -0.384. The molecule has 10 nitrogen and oxygen atoms in total. The molecule has 0 atom stereocenters. The zero-order chi connectivity index (χ0) is 19.0. The van der Waals surface area contributed by atoms with Gasteiger partial charge in [-0.25, -0.2) is 18.2 Å². The van der Waals surface area contributed by atoms with Crippen LogP contribution in [0.2, 0.25) is 0 Å². The van der Waals surface area contributed by atoms with Gasteiger partial charge in [0.05, 0.1) is 17.1 Å². The number of nitro groups is 1. The van der Waals surface area contributed by atoms with Gasteiger partial charge in [-0.3, -0.25) is 15.0 Å². The number of nitro benzene ring substituents is 1. The zero-order valence-electron chi connectivity index (χ0n) is 13.9. The molecule has 0 spiro atoms. The molecule has 0 saturated heterocycles. The van der Waals surface area contributed by atoms with Crippen molar-refractivity contribution in [3.05, 3.63) is 34.4 Å². The van der Waals surface area contributed by atoms with Crippen molar-refractivity contribution in [2.75, 3.05) is 20.4 Å². The number of rotatable bonds is 5.